The summed E-state index contributed by atoms with van der Waals surface area (Å²) in [6.45, 7) is 1.88. The first-order valence-corrected chi connectivity index (χ1v) is 4.65. The summed E-state index contributed by atoms with van der Waals surface area (Å²) in [5.74, 6) is 0. The van der Waals surface area contributed by atoms with Gasteiger partial charge in [0.05, 0.1) is 0 Å². The van der Waals surface area contributed by atoms with E-state index in [2.05, 4.69) is 12.1 Å². The molecule has 0 aliphatic rings. The van der Waals surface area contributed by atoms with Crippen molar-refractivity contribution < 1.29 is 24.0 Å². The first kappa shape index (κ1) is 13.5. The van der Waals surface area contributed by atoms with Gasteiger partial charge in [0.2, 0.25) is 0 Å². The van der Waals surface area contributed by atoms with Crippen molar-refractivity contribution in [2.24, 2.45) is 0 Å². The summed E-state index contributed by atoms with van der Waals surface area (Å²) in [4.78, 5) is 0. The molecule has 1 nitrogen and oxygen atoms in total. The predicted octanol–water partition coefficient (Wildman–Crippen LogP) is -1.07. The van der Waals surface area contributed by atoms with Crippen LogP contribution < -0.4 is 24.0 Å². The summed E-state index contributed by atoms with van der Waals surface area (Å²) in [5, 5.41) is 11.2. The molecule has 0 unspecified atom stereocenters. The number of aryl methyl sites for hydroxylation is 1. The molecule has 0 aromatic heterocycles. The molecule has 2 heteroatoms. The zero-order valence-electron chi connectivity index (χ0n) is 8.94. The van der Waals surface area contributed by atoms with Gasteiger partial charge in [0, 0.05) is 0 Å². The molecule has 1 rings (SSSR count). The van der Waals surface area contributed by atoms with E-state index in [1.54, 1.807) is 6.08 Å². The Labute approximate surface area is 98.0 Å². The average molecular weight is 182 g/mol. The Morgan fingerprint density at radius 1 is 1.29 bits per heavy atom. The Morgan fingerprint density at radius 3 is 2.50 bits per heavy atom. The molecular formula is C12H15LiO. The van der Waals surface area contributed by atoms with Gasteiger partial charge in [-0.2, -0.15) is 0 Å². The van der Waals surface area contributed by atoms with E-state index in [9.17, 15) is 5.11 Å². The van der Waals surface area contributed by atoms with Gasteiger partial charge >= 0.3 is 18.9 Å². The molecule has 1 aromatic carbocycles. The van der Waals surface area contributed by atoms with Gasteiger partial charge in [-0.15, -0.1) is 12.2 Å². The molecule has 0 bridgehead atoms. The van der Waals surface area contributed by atoms with Crippen LogP contribution in [0.1, 0.15) is 18.9 Å². The molecule has 1 aromatic rings. The van der Waals surface area contributed by atoms with Crippen molar-refractivity contribution >= 4 is 0 Å². The SMILES string of the molecule is C/C=C\[C@H]([O-])CCc1ccccc1.[Li+]. The Morgan fingerprint density at radius 2 is 1.93 bits per heavy atom. The second-order valence-electron chi connectivity index (χ2n) is 3.09. The van der Waals surface area contributed by atoms with E-state index >= 15 is 0 Å². The van der Waals surface area contributed by atoms with Crippen molar-refractivity contribution in [2.75, 3.05) is 0 Å². The van der Waals surface area contributed by atoms with Crippen LogP contribution >= 0.6 is 0 Å². The Bertz CT molecular complexity index is 256. The van der Waals surface area contributed by atoms with E-state index in [0.29, 0.717) is 6.42 Å². The van der Waals surface area contributed by atoms with Crippen molar-refractivity contribution in [1.82, 2.24) is 0 Å². The van der Waals surface area contributed by atoms with Crippen LogP contribution in [0.25, 0.3) is 0 Å². The van der Waals surface area contributed by atoms with Crippen LogP contribution in [-0.2, 0) is 6.42 Å². The number of hydrogen-bond donors (Lipinski definition) is 0. The standard InChI is InChI=1S/C12H15O.Li/c1-2-6-12(13)10-9-11-7-4-3-5-8-11;/h2-8,12H,9-10H2,1H3;/q-1;+1/b6-2-;/t12-;/m0./s1. The number of hydrogen-bond acceptors (Lipinski definition) is 1. The first-order valence-electron chi connectivity index (χ1n) is 4.65. The van der Waals surface area contributed by atoms with Crippen molar-refractivity contribution in [3.63, 3.8) is 0 Å². The van der Waals surface area contributed by atoms with Crippen LogP contribution in [-0.4, -0.2) is 6.10 Å². The van der Waals surface area contributed by atoms with Gasteiger partial charge in [-0.1, -0.05) is 42.8 Å². The smallest absolute Gasteiger partial charge is 0.849 e. The Hall–Kier alpha value is -0.483. The van der Waals surface area contributed by atoms with E-state index in [1.807, 2.05) is 31.2 Å². The summed E-state index contributed by atoms with van der Waals surface area (Å²) in [7, 11) is 0. The molecule has 0 heterocycles. The largest absolute Gasteiger partial charge is 1.00 e. The number of benzene rings is 1. The molecule has 14 heavy (non-hydrogen) atoms. The van der Waals surface area contributed by atoms with Crippen molar-refractivity contribution in [1.29, 1.82) is 0 Å². The number of rotatable bonds is 4. The summed E-state index contributed by atoms with van der Waals surface area (Å²) < 4.78 is 0. The molecule has 0 fully saturated rings. The van der Waals surface area contributed by atoms with Gasteiger partial charge in [-0.25, -0.2) is 0 Å². The maximum Gasteiger partial charge on any atom is 1.00 e. The summed E-state index contributed by atoms with van der Waals surface area (Å²) in [6.07, 6.45) is 4.55. The molecule has 0 radical (unpaired) electrons. The third-order valence-corrected chi connectivity index (χ3v) is 1.97. The third kappa shape index (κ3) is 5.29. The van der Waals surface area contributed by atoms with Gasteiger partial charge in [-0.05, 0) is 18.9 Å². The molecule has 0 spiro atoms. The van der Waals surface area contributed by atoms with Crippen LogP contribution in [0, 0.1) is 0 Å². The van der Waals surface area contributed by atoms with Gasteiger partial charge < -0.3 is 5.11 Å². The molecular weight excluding hydrogens is 167 g/mol. The van der Waals surface area contributed by atoms with Crippen LogP contribution in [0.15, 0.2) is 42.5 Å². The quantitative estimate of drug-likeness (QED) is 0.429. The molecule has 0 aliphatic carbocycles. The van der Waals surface area contributed by atoms with Gasteiger partial charge in [0.15, 0.2) is 0 Å². The second-order valence-corrected chi connectivity index (χ2v) is 3.09. The number of allylic oxidation sites excluding steroid dienone is 1. The maximum absolute atomic E-state index is 11.2. The fourth-order valence-electron chi connectivity index (χ4n) is 1.26. The van der Waals surface area contributed by atoms with E-state index < -0.39 is 6.10 Å². The Kier molecular flexibility index (Phi) is 7.61. The molecule has 0 amide bonds. The van der Waals surface area contributed by atoms with E-state index in [1.165, 1.54) is 5.56 Å². The zero-order valence-corrected chi connectivity index (χ0v) is 8.94. The van der Waals surface area contributed by atoms with Gasteiger partial charge in [0.1, 0.15) is 0 Å². The minimum atomic E-state index is -0.551. The maximum atomic E-state index is 11.2. The van der Waals surface area contributed by atoms with Crippen molar-refractivity contribution in [2.45, 2.75) is 25.9 Å². The molecule has 0 N–H and O–H groups in total. The van der Waals surface area contributed by atoms with Crippen LogP contribution in [0.4, 0.5) is 0 Å². The fraction of sp³-hybridized carbons (Fsp3) is 0.333. The average Bonchev–Trinajstić information content (AvgIpc) is 2.17. The Balaban J connectivity index is 0.00000169. The fourth-order valence-corrected chi connectivity index (χ4v) is 1.26. The van der Waals surface area contributed by atoms with Crippen LogP contribution in [0.5, 0.6) is 0 Å². The summed E-state index contributed by atoms with van der Waals surface area (Å²) in [6, 6.07) is 10.1. The molecule has 0 saturated heterocycles. The molecule has 0 aliphatic heterocycles. The topological polar surface area (TPSA) is 23.1 Å². The van der Waals surface area contributed by atoms with E-state index in [-0.39, 0.29) is 18.9 Å². The van der Waals surface area contributed by atoms with E-state index in [4.69, 9.17) is 0 Å². The van der Waals surface area contributed by atoms with Crippen LogP contribution in [0.2, 0.25) is 0 Å². The molecule has 1 atom stereocenters. The van der Waals surface area contributed by atoms with Crippen LogP contribution in [0.3, 0.4) is 0 Å². The summed E-state index contributed by atoms with van der Waals surface area (Å²) >= 11 is 0. The normalized spacial score (nSPS) is 12.4. The first-order chi connectivity index (χ1) is 6.33. The molecule has 70 valence electrons. The van der Waals surface area contributed by atoms with E-state index in [0.717, 1.165) is 6.42 Å². The van der Waals surface area contributed by atoms with Crippen molar-refractivity contribution in [3.05, 3.63) is 48.0 Å². The summed E-state index contributed by atoms with van der Waals surface area (Å²) in [5.41, 5.74) is 1.24. The molecule has 0 saturated carbocycles. The monoisotopic (exact) mass is 182 g/mol. The van der Waals surface area contributed by atoms with Crippen molar-refractivity contribution in [3.8, 4) is 0 Å². The third-order valence-electron chi connectivity index (χ3n) is 1.97. The minimum Gasteiger partial charge on any atom is -0.849 e. The second kappa shape index (κ2) is 7.88. The van der Waals surface area contributed by atoms with Gasteiger partial charge in [-0.3, -0.25) is 0 Å². The zero-order chi connectivity index (χ0) is 9.52. The predicted molar refractivity (Wildman–Crippen MR) is 53.4 cm³/mol. The minimum absolute atomic E-state index is 0. The van der Waals surface area contributed by atoms with Gasteiger partial charge in [0.25, 0.3) is 0 Å².